The Bertz CT molecular complexity index is 943. The van der Waals surface area contributed by atoms with E-state index < -0.39 is 5.97 Å². The van der Waals surface area contributed by atoms with Crippen LogP contribution in [0.4, 0.5) is 0 Å². The van der Waals surface area contributed by atoms with Crippen LogP contribution in [-0.2, 0) is 11.2 Å². The van der Waals surface area contributed by atoms with Crippen molar-refractivity contribution in [3.05, 3.63) is 76.1 Å². The number of aromatic nitrogens is 1. The number of fused-ring (bicyclic) bond motifs is 1. The predicted molar refractivity (Wildman–Crippen MR) is 93.0 cm³/mol. The van der Waals surface area contributed by atoms with Gasteiger partial charge in [-0.05, 0) is 42.3 Å². The number of esters is 1. The molecule has 0 amide bonds. The van der Waals surface area contributed by atoms with Gasteiger partial charge in [0.1, 0.15) is 0 Å². The summed E-state index contributed by atoms with van der Waals surface area (Å²) >= 11 is 6.18. The van der Waals surface area contributed by atoms with Gasteiger partial charge in [0.15, 0.2) is 0 Å². The molecule has 3 aromatic rings. The molecule has 0 unspecified atom stereocenters. The molecule has 0 spiro atoms. The number of benzene rings is 1. The minimum atomic E-state index is -0.445. The van der Waals surface area contributed by atoms with Crippen molar-refractivity contribution in [1.29, 1.82) is 0 Å². The molecule has 4 nitrogen and oxygen atoms in total. The van der Waals surface area contributed by atoms with Crippen LogP contribution in [-0.4, -0.2) is 23.3 Å². The van der Waals surface area contributed by atoms with Crippen molar-refractivity contribution in [2.75, 3.05) is 7.11 Å². The van der Waals surface area contributed by atoms with Gasteiger partial charge in [-0.3, -0.25) is 4.79 Å². The Hall–Kier alpha value is -2.59. The van der Waals surface area contributed by atoms with E-state index >= 15 is 0 Å². The lowest BCUT2D eigenvalue weighted by atomic mass is 10.0. The number of carbonyl (C=O) groups excluding carboxylic acids is 2. The molecule has 5 heteroatoms. The maximum Gasteiger partial charge on any atom is 0.339 e. The average Bonchev–Trinajstić information content (AvgIpc) is 2.98. The van der Waals surface area contributed by atoms with Gasteiger partial charge in [0.2, 0.25) is 5.78 Å². The first-order valence-electron chi connectivity index (χ1n) is 7.58. The molecular formula is C19H16ClNO3. The molecule has 24 heavy (non-hydrogen) atoms. The quantitative estimate of drug-likeness (QED) is 0.528. The first-order chi connectivity index (χ1) is 11.6. The molecule has 0 atom stereocenters. The van der Waals surface area contributed by atoms with E-state index in [9.17, 15) is 9.59 Å². The highest BCUT2D eigenvalue weighted by Gasteiger charge is 2.21. The summed E-state index contributed by atoms with van der Waals surface area (Å²) in [5.41, 5.74) is 3.09. The molecule has 0 aliphatic heterocycles. The Labute approximate surface area is 144 Å². The van der Waals surface area contributed by atoms with Gasteiger partial charge in [-0.25, -0.2) is 4.79 Å². The van der Waals surface area contributed by atoms with E-state index in [-0.39, 0.29) is 5.78 Å². The maximum atomic E-state index is 13.1. The number of methoxy groups -OCH3 is 1. The minimum Gasteiger partial charge on any atom is -0.465 e. The number of ketones is 1. The number of pyridine rings is 1. The molecular weight excluding hydrogens is 326 g/mol. The summed E-state index contributed by atoms with van der Waals surface area (Å²) in [7, 11) is 1.33. The van der Waals surface area contributed by atoms with Crippen LogP contribution in [0.15, 0.2) is 48.7 Å². The topological polar surface area (TPSA) is 47.8 Å². The third kappa shape index (κ3) is 2.69. The average molecular weight is 342 g/mol. The molecule has 3 rings (SSSR count). The van der Waals surface area contributed by atoms with Gasteiger partial charge >= 0.3 is 5.97 Å². The van der Waals surface area contributed by atoms with Gasteiger partial charge in [0.25, 0.3) is 0 Å². The van der Waals surface area contributed by atoms with Gasteiger partial charge in [-0.2, -0.15) is 0 Å². The van der Waals surface area contributed by atoms with E-state index in [2.05, 4.69) is 0 Å². The first-order valence-corrected chi connectivity index (χ1v) is 7.96. The van der Waals surface area contributed by atoms with E-state index in [0.717, 1.165) is 11.1 Å². The third-order valence-corrected chi connectivity index (χ3v) is 4.31. The van der Waals surface area contributed by atoms with E-state index in [1.54, 1.807) is 47.0 Å². The Morgan fingerprint density at radius 1 is 1.17 bits per heavy atom. The van der Waals surface area contributed by atoms with Gasteiger partial charge in [-0.15, -0.1) is 0 Å². The zero-order valence-electron chi connectivity index (χ0n) is 13.4. The SMILES string of the molecule is CCc1cc2ccc(C(=O)OC)cn2c1C(=O)c1ccccc1Cl. The molecule has 122 valence electrons. The second-order valence-electron chi connectivity index (χ2n) is 5.38. The standard InChI is InChI=1S/C19H16ClNO3/c1-3-12-10-14-9-8-13(19(23)24-2)11-21(14)17(12)18(22)15-6-4-5-7-16(15)20/h4-11H,3H2,1-2H3. The lowest BCUT2D eigenvalue weighted by Crippen LogP contribution is -2.10. The maximum absolute atomic E-state index is 13.1. The van der Waals surface area contributed by atoms with Crippen molar-refractivity contribution in [3.8, 4) is 0 Å². The predicted octanol–water partition coefficient (Wildman–Crippen LogP) is 4.17. The lowest BCUT2D eigenvalue weighted by molar-refractivity contribution is 0.0600. The van der Waals surface area contributed by atoms with Crippen LogP contribution in [0.2, 0.25) is 5.02 Å². The number of hydrogen-bond donors (Lipinski definition) is 0. The summed E-state index contributed by atoms with van der Waals surface area (Å²) in [4.78, 5) is 24.8. The Morgan fingerprint density at radius 2 is 1.92 bits per heavy atom. The molecule has 0 bridgehead atoms. The normalized spacial score (nSPS) is 10.8. The Balaban J connectivity index is 2.23. The monoisotopic (exact) mass is 341 g/mol. The van der Waals surface area contributed by atoms with E-state index in [1.165, 1.54) is 7.11 Å². The van der Waals surface area contributed by atoms with Crippen molar-refractivity contribution in [1.82, 2.24) is 4.40 Å². The Morgan fingerprint density at radius 3 is 2.58 bits per heavy atom. The second-order valence-corrected chi connectivity index (χ2v) is 5.79. The van der Waals surface area contributed by atoms with Gasteiger partial charge in [0.05, 0.1) is 23.4 Å². The molecule has 1 aromatic carbocycles. The van der Waals surface area contributed by atoms with E-state index in [0.29, 0.717) is 28.3 Å². The van der Waals surface area contributed by atoms with Crippen LogP contribution in [0, 0.1) is 0 Å². The fourth-order valence-electron chi connectivity index (χ4n) is 2.76. The second kappa shape index (κ2) is 6.49. The highest BCUT2D eigenvalue weighted by Crippen LogP contribution is 2.25. The zero-order chi connectivity index (χ0) is 17.3. The van der Waals surface area contributed by atoms with Crippen LogP contribution < -0.4 is 0 Å². The highest BCUT2D eigenvalue weighted by molar-refractivity contribution is 6.35. The van der Waals surface area contributed by atoms with Crippen molar-refractivity contribution in [2.24, 2.45) is 0 Å². The van der Waals surface area contributed by atoms with Crippen LogP contribution in [0.1, 0.15) is 38.9 Å². The summed E-state index contributed by atoms with van der Waals surface area (Å²) in [5.74, 6) is -0.612. The van der Waals surface area contributed by atoms with E-state index in [4.69, 9.17) is 16.3 Å². The van der Waals surface area contributed by atoms with Crippen LogP contribution in [0.3, 0.4) is 0 Å². The number of hydrogen-bond acceptors (Lipinski definition) is 3. The van der Waals surface area contributed by atoms with Crippen LogP contribution in [0.5, 0.6) is 0 Å². The van der Waals surface area contributed by atoms with Crippen molar-refractivity contribution in [3.63, 3.8) is 0 Å². The molecule has 0 radical (unpaired) electrons. The molecule has 0 fully saturated rings. The number of aryl methyl sites for hydroxylation is 1. The molecule has 2 aromatic heterocycles. The summed E-state index contributed by atoms with van der Waals surface area (Å²) in [6.07, 6.45) is 2.32. The smallest absolute Gasteiger partial charge is 0.339 e. The summed E-state index contributed by atoms with van der Waals surface area (Å²) in [5, 5.41) is 0.406. The molecule has 2 heterocycles. The largest absolute Gasteiger partial charge is 0.465 e. The summed E-state index contributed by atoms with van der Waals surface area (Å²) in [6, 6.07) is 12.4. The summed E-state index contributed by atoms with van der Waals surface area (Å²) in [6.45, 7) is 1.99. The van der Waals surface area contributed by atoms with Crippen molar-refractivity contribution in [2.45, 2.75) is 13.3 Å². The molecule has 0 aliphatic rings. The molecule has 0 saturated carbocycles. The molecule has 0 saturated heterocycles. The van der Waals surface area contributed by atoms with Gasteiger partial charge in [-0.1, -0.05) is 30.7 Å². The number of rotatable bonds is 4. The first kappa shape index (κ1) is 16.3. The zero-order valence-corrected chi connectivity index (χ0v) is 14.1. The fourth-order valence-corrected chi connectivity index (χ4v) is 2.98. The van der Waals surface area contributed by atoms with Crippen LogP contribution in [0.25, 0.3) is 5.52 Å². The van der Waals surface area contributed by atoms with Gasteiger partial charge < -0.3 is 9.14 Å². The molecule has 0 N–H and O–H groups in total. The fraction of sp³-hybridized carbons (Fsp3) is 0.158. The Kier molecular flexibility index (Phi) is 4.40. The van der Waals surface area contributed by atoms with Crippen LogP contribution >= 0.6 is 11.6 Å². The van der Waals surface area contributed by atoms with Gasteiger partial charge in [0, 0.05) is 17.3 Å². The van der Waals surface area contributed by atoms with Crippen molar-refractivity contribution >= 4 is 28.9 Å². The lowest BCUT2D eigenvalue weighted by Gasteiger charge is -2.08. The number of nitrogens with zero attached hydrogens (tertiary/aromatic N) is 1. The van der Waals surface area contributed by atoms with Crippen molar-refractivity contribution < 1.29 is 14.3 Å². The minimum absolute atomic E-state index is 0.167. The number of halogens is 1. The summed E-state index contributed by atoms with van der Waals surface area (Å²) < 4.78 is 6.50. The number of ether oxygens (including phenoxy) is 1. The number of carbonyl (C=O) groups is 2. The third-order valence-electron chi connectivity index (χ3n) is 3.98. The van der Waals surface area contributed by atoms with E-state index in [1.807, 2.05) is 13.0 Å². The highest BCUT2D eigenvalue weighted by atomic mass is 35.5. The molecule has 0 aliphatic carbocycles.